The van der Waals surface area contributed by atoms with Gasteiger partial charge in [-0.1, -0.05) is 48.2 Å². The summed E-state index contributed by atoms with van der Waals surface area (Å²) in [5.41, 5.74) is 1.80. The third kappa shape index (κ3) is 3.20. The van der Waals surface area contributed by atoms with Crippen LogP contribution in [0.2, 0.25) is 0 Å². The molecule has 0 spiro atoms. The molecule has 24 heavy (non-hydrogen) atoms. The Morgan fingerprint density at radius 2 is 2.12 bits per heavy atom. The highest BCUT2D eigenvalue weighted by atomic mass is 32.2. The third-order valence-electron chi connectivity index (χ3n) is 3.46. The van der Waals surface area contributed by atoms with Gasteiger partial charge in [0.15, 0.2) is 5.16 Å². The van der Waals surface area contributed by atoms with Gasteiger partial charge in [-0.15, -0.1) is 17.9 Å². The lowest BCUT2D eigenvalue weighted by molar-refractivity contribution is -0.114. The van der Waals surface area contributed by atoms with Crippen LogP contribution in [-0.2, 0) is 11.3 Å². The first kappa shape index (κ1) is 16.7. The highest BCUT2D eigenvalue weighted by Crippen LogP contribution is 2.32. The summed E-state index contributed by atoms with van der Waals surface area (Å²) in [7, 11) is 0. The molecule has 122 valence electrons. The van der Waals surface area contributed by atoms with Crippen LogP contribution in [0, 0.1) is 0 Å². The summed E-state index contributed by atoms with van der Waals surface area (Å²) in [4.78, 5) is 29.6. The minimum absolute atomic E-state index is 0.0515. The maximum absolute atomic E-state index is 13.0. The van der Waals surface area contributed by atoms with Crippen molar-refractivity contribution in [3.63, 3.8) is 0 Å². The Labute approximate surface area is 147 Å². The van der Waals surface area contributed by atoms with Crippen molar-refractivity contribution in [1.29, 1.82) is 0 Å². The quantitative estimate of drug-likeness (QED) is 0.381. The number of thioether (sulfide) groups is 1. The number of benzene rings is 1. The van der Waals surface area contributed by atoms with Gasteiger partial charge in [-0.05, 0) is 12.5 Å². The van der Waals surface area contributed by atoms with Crippen molar-refractivity contribution in [2.24, 2.45) is 0 Å². The highest BCUT2D eigenvalue weighted by molar-refractivity contribution is 7.99. The van der Waals surface area contributed by atoms with Gasteiger partial charge in [0.05, 0.1) is 11.1 Å². The molecule has 4 nitrogen and oxygen atoms in total. The number of ketones is 1. The molecule has 0 saturated heterocycles. The number of fused-ring (bicyclic) bond motifs is 1. The molecule has 0 unspecified atom stereocenters. The van der Waals surface area contributed by atoms with Crippen molar-refractivity contribution in [3.05, 3.63) is 58.7 Å². The molecular weight excluding hydrogens is 340 g/mol. The van der Waals surface area contributed by atoms with E-state index in [4.69, 9.17) is 0 Å². The summed E-state index contributed by atoms with van der Waals surface area (Å²) in [5.74, 6) is 0.349. The molecule has 0 aliphatic carbocycles. The number of hydrogen-bond acceptors (Lipinski definition) is 5. The van der Waals surface area contributed by atoms with Crippen LogP contribution in [0.1, 0.15) is 6.92 Å². The minimum Gasteiger partial charge on any atom is -0.299 e. The van der Waals surface area contributed by atoms with Gasteiger partial charge in [0.25, 0.3) is 5.56 Å². The number of rotatable bonds is 6. The summed E-state index contributed by atoms with van der Waals surface area (Å²) in [6.07, 6.45) is 1.67. The SMILES string of the molecule is C=CCn1c(SCC(C)=O)nc2scc(-c3ccccc3)c2c1=O. The van der Waals surface area contributed by atoms with Crippen LogP contribution in [0.5, 0.6) is 0 Å². The molecule has 0 amide bonds. The predicted molar refractivity (Wildman–Crippen MR) is 101 cm³/mol. The molecule has 0 aliphatic rings. The first-order valence-corrected chi connectivity index (χ1v) is 9.29. The van der Waals surface area contributed by atoms with Gasteiger partial charge in [-0.2, -0.15) is 0 Å². The number of nitrogens with zero attached hydrogens (tertiary/aromatic N) is 2. The fourth-order valence-electron chi connectivity index (χ4n) is 2.40. The monoisotopic (exact) mass is 356 g/mol. The number of hydrogen-bond donors (Lipinski definition) is 0. The van der Waals surface area contributed by atoms with E-state index in [1.54, 1.807) is 10.6 Å². The molecule has 6 heteroatoms. The van der Waals surface area contributed by atoms with E-state index < -0.39 is 0 Å². The van der Waals surface area contributed by atoms with Crippen LogP contribution < -0.4 is 5.56 Å². The number of Topliss-reactive ketones (excluding diaryl/α,β-unsaturated/α-hetero) is 1. The van der Waals surface area contributed by atoms with Crippen LogP contribution in [0.3, 0.4) is 0 Å². The van der Waals surface area contributed by atoms with Crippen molar-refractivity contribution >= 4 is 39.1 Å². The smallest absolute Gasteiger partial charge is 0.263 e. The number of allylic oxidation sites excluding steroid dienone is 1. The second-order valence-corrected chi connectivity index (χ2v) is 7.09. The number of thiophene rings is 1. The van der Waals surface area contributed by atoms with Crippen LogP contribution >= 0.6 is 23.1 Å². The molecule has 1 aromatic carbocycles. The molecule has 0 bridgehead atoms. The fourth-order valence-corrected chi connectivity index (χ4v) is 4.20. The lowest BCUT2D eigenvalue weighted by Gasteiger charge is -2.10. The van der Waals surface area contributed by atoms with E-state index in [0.29, 0.717) is 27.7 Å². The number of carbonyl (C=O) groups is 1. The van der Waals surface area contributed by atoms with Crippen molar-refractivity contribution in [2.45, 2.75) is 18.6 Å². The standard InChI is InChI=1S/C18H16N2O2S2/c1-3-9-20-17(22)15-14(13-7-5-4-6-8-13)11-23-16(15)19-18(20)24-10-12(2)21/h3-8,11H,1,9-10H2,2H3. The van der Waals surface area contributed by atoms with Gasteiger partial charge < -0.3 is 0 Å². The molecular formula is C18H16N2O2S2. The number of aromatic nitrogens is 2. The number of carbonyl (C=O) groups excluding carboxylic acids is 1. The van der Waals surface area contributed by atoms with Gasteiger partial charge in [0, 0.05) is 17.5 Å². The Bertz CT molecular complexity index is 958. The third-order valence-corrected chi connectivity index (χ3v) is 5.45. The second-order valence-electron chi connectivity index (χ2n) is 5.29. The summed E-state index contributed by atoms with van der Waals surface area (Å²) >= 11 is 2.74. The van der Waals surface area contributed by atoms with Crippen molar-refractivity contribution in [1.82, 2.24) is 9.55 Å². The van der Waals surface area contributed by atoms with Gasteiger partial charge in [-0.3, -0.25) is 14.2 Å². The van der Waals surface area contributed by atoms with Crippen molar-refractivity contribution in [2.75, 3.05) is 5.75 Å². The molecule has 3 rings (SSSR count). The van der Waals surface area contributed by atoms with Crippen LogP contribution in [0.4, 0.5) is 0 Å². The lowest BCUT2D eigenvalue weighted by atomic mass is 10.1. The zero-order valence-electron chi connectivity index (χ0n) is 13.2. The van der Waals surface area contributed by atoms with Gasteiger partial charge in [-0.25, -0.2) is 4.98 Å². The summed E-state index contributed by atoms with van der Waals surface area (Å²) in [6, 6.07) is 9.81. The average Bonchev–Trinajstić information content (AvgIpc) is 3.01. The Morgan fingerprint density at radius 3 is 2.79 bits per heavy atom. The van der Waals surface area contributed by atoms with Crippen LogP contribution in [0.25, 0.3) is 21.3 Å². The zero-order valence-corrected chi connectivity index (χ0v) is 14.8. The summed E-state index contributed by atoms with van der Waals surface area (Å²) in [6.45, 7) is 5.62. The topological polar surface area (TPSA) is 52.0 Å². The van der Waals surface area contributed by atoms with Crippen molar-refractivity contribution < 1.29 is 4.79 Å². The molecule has 3 aromatic rings. The lowest BCUT2D eigenvalue weighted by Crippen LogP contribution is -2.22. The Morgan fingerprint density at radius 1 is 1.38 bits per heavy atom. The van der Waals surface area contributed by atoms with E-state index in [1.165, 1.54) is 30.0 Å². The van der Waals surface area contributed by atoms with E-state index in [1.807, 2.05) is 35.7 Å². The fraction of sp³-hybridized carbons (Fsp3) is 0.167. The molecule has 0 atom stereocenters. The van der Waals surface area contributed by atoms with Gasteiger partial charge >= 0.3 is 0 Å². The molecule has 2 aromatic heterocycles. The molecule has 0 aliphatic heterocycles. The summed E-state index contributed by atoms with van der Waals surface area (Å²) < 4.78 is 1.59. The predicted octanol–water partition coefficient (Wildman–Crippen LogP) is 3.99. The molecule has 0 N–H and O–H groups in total. The Kier molecular flexibility index (Phi) is 4.97. The average molecular weight is 356 g/mol. The summed E-state index contributed by atoms with van der Waals surface area (Å²) in [5, 5.41) is 3.15. The van der Waals surface area contributed by atoms with E-state index in [0.717, 1.165) is 11.1 Å². The Hall–Kier alpha value is -2.18. The van der Waals surface area contributed by atoms with E-state index >= 15 is 0 Å². The van der Waals surface area contributed by atoms with E-state index in [-0.39, 0.29) is 11.3 Å². The highest BCUT2D eigenvalue weighted by Gasteiger charge is 2.17. The maximum Gasteiger partial charge on any atom is 0.263 e. The molecule has 0 saturated carbocycles. The molecule has 0 fully saturated rings. The first-order valence-electron chi connectivity index (χ1n) is 7.42. The van der Waals surface area contributed by atoms with E-state index in [9.17, 15) is 9.59 Å². The second kappa shape index (κ2) is 7.15. The Balaban J connectivity index is 2.20. The maximum atomic E-state index is 13.0. The molecule has 2 heterocycles. The van der Waals surface area contributed by atoms with Gasteiger partial charge in [0.2, 0.25) is 0 Å². The molecule has 0 radical (unpaired) electrons. The largest absolute Gasteiger partial charge is 0.299 e. The van der Waals surface area contributed by atoms with Gasteiger partial charge in [0.1, 0.15) is 10.6 Å². The van der Waals surface area contributed by atoms with Crippen LogP contribution in [-0.4, -0.2) is 21.1 Å². The first-order chi connectivity index (χ1) is 11.6. The normalized spacial score (nSPS) is 10.9. The zero-order chi connectivity index (χ0) is 17.1. The van der Waals surface area contributed by atoms with Crippen molar-refractivity contribution in [3.8, 4) is 11.1 Å². The minimum atomic E-state index is -0.0916. The van der Waals surface area contributed by atoms with Crippen LogP contribution in [0.15, 0.2) is 58.3 Å². The van der Waals surface area contributed by atoms with E-state index in [2.05, 4.69) is 11.6 Å².